The molecule has 2 rings (SSSR count). The van der Waals surface area contributed by atoms with Gasteiger partial charge < -0.3 is 15.7 Å². The number of amidine groups is 1. The van der Waals surface area contributed by atoms with Crippen molar-refractivity contribution in [1.29, 1.82) is 0 Å². The number of rotatable bonds is 4. The lowest BCUT2D eigenvalue weighted by atomic mass is 10.2. The summed E-state index contributed by atoms with van der Waals surface area (Å²) in [4.78, 5) is 0.741. The molecule has 0 unspecified atom stereocenters. The molecular weight excluding hydrogens is 315 g/mol. The van der Waals surface area contributed by atoms with Crippen LogP contribution >= 0.6 is 23.4 Å². The molecule has 0 aliphatic carbocycles. The summed E-state index contributed by atoms with van der Waals surface area (Å²) in [5, 5.41) is 11.8. The lowest BCUT2D eigenvalue weighted by Crippen LogP contribution is -2.15. The average molecular weight is 327 g/mol. The Bertz CT molecular complexity index is 695. The zero-order valence-corrected chi connectivity index (χ0v) is 12.6. The topological polar surface area (TPSA) is 67.8 Å². The highest BCUT2D eigenvalue weighted by molar-refractivity contribution is 7.98. The molecule has 3 N–H and O–H groups in total. The predicted octanol–water partition coefficient (Wildman–Crippen LogP) is 4.09. The van der Waals surface area contributed by atoms with Crippen molar-refractivity contribution >= 4 is 29.2 Å². The molecule has 0 heterocycles. The van der Waals surface area contributed by atoms with E-state index < -0.39 is 5.82 Å². The summed E-state index contributed by atoms with van der Waals surface area (Å²) in [6.07, 6.45) is 1.84. The van der Waals surface area contributed by atoms with Crippen molar-refractivity contribution in [1.82, 2.24) is 0 Å². The molecule has 0 atom stereocenters. The SMILES string of the molecule is CSc1cccc(Oc2cccc(Cl)c2F)c1/C(N)=N/O. The van der Waals surface area contributed by atoms with Crippen molar-refractivity contribution in [2.75, 3.05) is 6.26 Å². The van der Waals surface area contributed by atoms with Gasteiger partial charge in [-0.2, -0.15) is 0 Å². The van der Waals surface area contributed by atoms with Crippen molar-refractivity contribution in [2.45, 2.75) is 4.90 Å². The van der Waals surface area contributed by atoms with Gasteiger partial charge >= 0.3 is 0 Å². The fourth-order valence-corrected chi connectivity index (χ4v) is 2.54. The highest BCUT2D eigenvalue weighted by Crippen LogP contribution is 2.34. The number of hydrogen-bond donors (Lipinski definition) is 2. The zero-order chi connectivity index (χ0) is 15.4. The van der Waals surface area contributed by atoms with E-state index in [0.717, 1.165) is 4.90 Å². The number of thioether (sulfide) groups is 1. The summed E-state index contributed by atoms with van der Waals surface area (Å²) in [6, 6.07) is 9.57. The van der Waals surface area contributed by atoms with Crippen LogP contribution < -0.4 is 10.5 Å². The summed E-state index contributed by atoms with van der Waals surface area (Å²) < 4.78 is 19.5. The molecule has 0 spiro atoms. The molecule has 0 amide bonds. The van der Waals surface area contributed by atoms with E-state index in [0.29, 0.717) is 5.56 Å². The molecular formula is C14H12ClFN2O2S. The van der Waals surface area contributed by atoms with Gasteiger partial charge in [0.15, 0.2) is 17.4 Å². The molecule has 0 bridgehead atoms. The predicted molar refractivity (Wildman–Crippen MR) is 82.2 cm³/mol. The third-order valence-electron chi connectivity index (χ3n) is 2.71. The molecule has 110 valence electrons. The Hall–Kier alpha value is -1.92. The van der Waals surface area contributed by atoms with Gasteiger partial charge in [-0.15, -0.1) is 11.8 Å². The van der Waals surface area contributed by atoms with Crippen LogP contribution in [0.3, 0.4) is 0 Å². The summed E-state index contributed by atoms with van der Waals surface area (Å²) in [6.45, 7) is 0. The van der Waals surface area contributed by atoms with Gasteiger partial charge in [-0.25, -0.2) is 4.39 Å². The van der Waals surface area contributed by atoms with E-state index in [1.807, 2.05) is 6.26 Å². The maximum absolute atomic E-state index is 13.9. The minimum atomic E-state index is -0.667. The highest BCUT2D eigenvalue weighted by atomic mass is 35.5. The van der Waals surface area contributed by atoms with Gasteiger partial charge in [-0.05, 0) is 30.5 Å². The van der Waals surface area contributed by atoms with Crippen LogP contribution in [0.2, 0.25) is 5.02 Å². The first-order valence-corrected chi connectivity index (χ1v) is 7.45. The quantitative estimate of drug-likeness (QED) is 0.292. The van der Waals surface area contributed by atoms with E-state index in [-0.39, 0.29) is 22.4 Å². The number of ether oxygens (including phenoxy) is 1. The lowest BCUT2D eigenvalue weighted by Gasteiger charge is -2.14. The van der Waals surface area contributed by atoms with E-state index in [2.05, 4.69) is 5.16 Å². The Morgan fingerprint density at radius 3 is 2.62 bits per heavy atom. The van der Waals surface area contributed by atoms with E-state index in [9.17, 15) is 4.39 Å². The molecule has 0 saturated carbocycles. The van der Waals surface area contributed by atoms with Crippen molar-refractivity contribution < 1.29 is 14.3 Å². The number of nitrogens with two attached hydrogens (primary N) is 1. The Morgan fingerprint density at radius 2 is 1.95 bits per heavy atom. The fourth-order valence-electron chi connectivity index (χ4n) is 1.75. The molecule has 7 heteroatoms. The average Bonchev–Trinajstić information content (AvgIpc) is 2.50. The molecule has 0 saturated heterocycles. The molecule has 2 aromatic rings. The summed E-state index contributed by atoms with van der Waals surface area (Å²) >= 11 is 7.12. The van der Waals surface area contributed by atoms with Gasteiger partial charge in [0.1, 0.15) is 5.75 Å². The minimum Gasteiger partial charge on any atom is -0.453 e. The van der Waals surface area contributed by atoms with E-state index in [1.54, 1.807) is 24.3 Å². The van der Waals surface area contributed by atoms with Crippen LogP contribution in [0.4, 0.5) is 4.39 Å². The van der Waals surface area contributed by atoms with E-state index in [4.69, 9.17) is 27.3 Å². The van der Waals surface area contributed by atoms with E-state index >= 15 is 0 Å². The largest absolute Gasteiger partial charge is 0.453 e. The number of halogens is 2. The number of benzene rings is 2. The van der Waals surface area contributed by atoms with E-state index in [1.165, 1.54) is 23.9 Å². The first-order chi connectivity index (χ1) is 10.1. The Morgan fingerprint density at radius 1 is 1.29 bits per heavy atom. The van der Waals surface area contributed by atoms with Crippen LogP contribution in [0.1, 0.15) is 5.56 Å². The third kappa shape index (κ3) is 3.22. The first-order valence-electron chi connectivity index (χ1n) is 5.85. The Balaban J connectivity index is 2.52. The third-order valence-corrected chi connectivity index (χ3v) is 3.78. The van der Waals surface area contributed by atoms with Crippen LogP contribution in [0.15, 0.2) is 46.4 Å². The molecule has 0 fully saturated rings. The second-order valence-electron chi connectivity index (χ2n) is 3.97. The van der Waals surface area contributed by atoms with Crippen LogP contribution in [0, 0.1) is 5.82 Å². The minimum absolute atomic E-state index is 0.0345. The van der Waals surface area contributed by atoms with Crippen LogP contribution in [-0.4, -0.2) is 17.3 Å². The molecule has 2 aromatic carbocycles. The first kappa shape index (κ1) is 15.5. The van der Waals surface area contributed by atoms with Crippen molar-refractivity contribution in [3.8, 4) is 11.5 Å². The van der Waals surface area contributed by atoms with Crippen molar-refractivity contribution in [2.24, 2.45) is 10.9 Å². The Labute approximate surface area is 130 Å². The van der Waals surface area contributed by atoms with Crippen molar-refractivity contribution in [3.63, 3.8) is 0 Å². The van der Waals surface area contributed by atoms with Gasteiger partial charge in [0, 0.05) is 4.90 Å². The normalized spacial score (nSPS) is 11.5. The van der Waals surface area contributed by atoms with Gasteiger partial charge in [0.05, 0.1) is 10.6 Å². The fraction of sp³-hybridized carbons (Fsp3) is 0.0714. The molecule has 21 heavy (non-hydrogen) atoms. The van der Waals surface area contributed by atoms with Crippen LogP contribution in [-0.2, 0) is 0 Å². The summed E-state index contributed by atoms with van der Waals surface area (Å²) in [5.74, 6) is -0.539. The molecule has 0 radical (unpaired) electrons. The summed E-state index contributed by atoms with van der Waals surface area (Å²) in [7, 11) is 0. The number of oxime groups is 1. The van der Waals surface area contributed by atoms with Gasteiger partial charge in [0.2, 0.25) is 0 Å². The molecule has 4 nitrogen and oxygen atoms in total. The Kier molecular flexibility index (Phi) is 4.93. The smallest absolute Gasteiger partial charge is 0.184 e. The van der Waals surface area contributed by atoms with Gasteiger partial charge in [-0.3, -0.25) is 0 Å². The van der Waals surface area contributed by atoms with Gasteiger partial charge in [-0.1, -0.05) is 28.9 Å². The lowest BCUT2D eigenvalue weighted by molar-refractivity contribution is 0.318. The van der Waals surface area contributed by atoms with Gasteiger partial charge in [0.25, 0.3) is 0 Å². The maximum atomic E-state index is 13.9. The molecule has 0 aromatic heterocycles. The monoisotopic (exact) mass is 326 g/mol. The zero-order valence-electron chi connectivity index (χ0n) is 11.0. The molecule has 0 aliphatic heterocycles. The standard InChI is InChI=1S/C14H12ClFN2O2S/c1-21-11-7-3-5-9(12(11)14(17)18-19)20-10-6-2-4-8(15)13(10)16/h2-7,19H,1H3,(H2,17,18). The van der Waals surface area contributed by atoms with Crippen molar-refractivity contribution in [3.05, 3.63) is 52.8 Å². The molecule has 0 aliphatic rings. The number of hydrogen-bond acceptors (Lipinski definition) is 4. The highest BCUT2D eigenvalue weighted by Gasteiger charge is 2.16. The number of nitrogens with zero attached hydrogens (tertiary/aromatic N) is 1. The maximum Gasteiger partial charge on any atom is 0.184 e. The second kappa shape index (κ2) is 6.69. The van der Waals surface area contributed by atoms with Crippen LogP contribution in [0.5, 0.6) is 11.5 Å². The second-order valence-corrected chi connectivity index (χ2v) is 5.23. The summed E-state index contributed by atoms with van der Waals surface area (Å²) in [5.41, 5.74) is 6.08. The van der Waals surface area contributed by atoms with Crippen LogP contribution in [0.25, 0.3) is 0 Å².